The van der Waals surface area contributed by atoms with E-state index in [2.05, 4.69) is 41.5 Å². The van der Waals surface area contributed by atoms with E-state index >= 15 is 0 Å². The lowest BCUT2D eigenvalue weighted by Crippen LogP contribution is -2.36. The highest BCUT2D eigenvalue weighted by molar-refractivity contribution is 5.81. The van der Waals surface area contributed by atoms with Crippen molar-refractivity contribution in [1.29, 1.82) is 0 Å². The van der Waals surface area contributed by atoms with Crippen molar-refractivity contribution in [3.8, 4) is 0 Å². The topological polar surface area (TPSA) is 24.9 Å². The molecular weight excluding hydrogens is 256 g/mol. The number of rotatable bonds is 5. The molecule has 1 aromatic carbocycles. The van der Waals surface area contributed by atoms with Gasteiger partial charge in [-0.2, -0.15) is 0 Å². The van der Waals surface area contributed by atoms with E-state index in [1.807, 2.05) is 12.4 Å². The number of hydrogen-bond donors (Lipinski definition) is 1. The average Bonchev–Trinajstić information content (AvgIpc) is 2.56. The zero-order valence-electron chi connectivity index (χ0n) is 13.0. The zero-order chi connectivity index (χ0) is 14.5. The Balaban J connectivity index is 1.64. The summed E-state index contributed by atoms with van der Waals surface area (Å²) in [5, 5.41) is 6.31. The Morgan fingerprint density at radius 2 is 2.00 bits per heavy atom. The first kappa shape index (κ1) is 14.5. The molecule has 1 atom stereocenters. The molecule has 1 saturated carbocycles. The summed E-state index contributed by atoms with van der Waals surface area (Å²) in [5.74, 6) is 0.883. The fraction of sp³-hybridized carbons (Fsp3) is 0.526. The van der Waals surface area contributed by atoms with E-state index in [0.717, 1.165) is 12.5 Å². The molecule has 112 valence electrons. The summed E-state index contributed by atoms with van der Waals surface area (Å²) in [6.45, 7) is 3.30. The SMILES string of the molecule is CCC(NCc1ccc2cnccc2c1)C1CCCCC1. The zero-order valence-corrected chi connectivity index (χ0v) is 13.0. The smallest absolute Gasteiger partial charge is 0.0346 e. The predicted octanol–water partition coefficient (Wildman–Crippen LogP) is 4.68. The monoisotopic (exact) mass is 282 g/mol. The van der Waals surface area contributed by atoms with E-state index in [1.165, 1.54) is 54.9 Å². The van der Waals surface area contributed by atoms with Crippen molar-refractivity contribution >= 4 is 10.8 Å². The molecule has 1 fully saturated rings. The maximum atomic E-state index is 4.18. The molecule has 1 aliphatic rings. The number of pyridine rings is 1. The number of aromatic nitrogens is 1. The third-order valence-corrected chi connectivity index (χ3v) is 4.93. The molecule has 0 bridgehead atoms. The second-order valence-corrected chi connectivity index (χ2v) is 6.35. The molecule has 3 rings (SSSR count). The summed E-state index contributed by atoms with van der Waals surface area (Å²) in [6.07, 6.45) is 12.1. The largest absolute Gasteiger partial charge is 0.310 e. The highest BCUT2D eigenvalue weighted by atomic mass is 14.9. The van der Waals surface area contributed by atoms with Gasteiger partial charge in [-0.25, -0.2) is 0 Å². The van der Waals surface area contributed by atoms with Gasteiger partial charge >= 0.3 is 0 Å². The highest BCUT2D eigenvalue weighted by Crippen LogP contribution is 2.28. The number of hydrogen-bond acceptors (Lipinski definition) is 2. The summed E-state index contributed by atoms with van der Waals surface area (Å²) in [7, 11) is 0. The molecule has 1 unspecified atom stereocenters. The van der Waals surface area contributed by atoms with Crippen molar-refractivity contribution in [3.63, 3.8) is 0 Å². The number of nitrogens with zero attached hydrogens (tertiary/aromatic N) is 1. The van der Waals surface area contributed by atoms with Crippen LogP contribution in [-0.2, 0) is 6.54 Å². The number of benzene rings is 1. The first-order valence-electron chi connectivity index (χ1n) is 8.43. The average molecular weight is 282 g/mol. The molecule has 0 aliphatic heterocycles. The van der Waals surface area contributed by atoms with Gasteiger partial charge in [0.1, 0.15) is 0 Å². The van der Waals surface area contributed by atoms with Gasteiger partial charge in [0, 0.05) is 30.4 Å². The van der Waals surface area contributed by atoms with Crippen LogP contribution in [0.25, 0.3) is 10.8 Å². The lowest BCUT2D eigenvalue weighted by Gasteiger charge is -2.30. The Kier molecular flexibility index (Phi) is 4.87. The molecule has 2 heteroatoms. The van der Waals surface area contributed by atoms with E-state index in [9.17, 15) is 0 Å². The summed E-state index contributed by atoms with van der Waals surface area (Å²) in [6, 6.07) is 9.47. The fourth-order valence-corrected chi connectivity index (χ4v) is 3.67. The van der Waals surface area contributed by atoms with Crippen LogP contribution >= 0.6 is 0 Å². The second kappa shape index (κ2) is 7.04. The van der Waals surface area contributed by atoms with E-state index in [1.54, 1.807) is 0 Å². The van der Waals surface area contributed by atoms with Crippen molar-refractivity contribution in [2.75, 3.05) is 0 Å². The van der Waals surface area contributed by atoms with Gasteiger partial charge in [-0.1, -0.05) is 38.3 Å². The third-order valence-electron chi connectivity index (χ3n) is 4.93. The number of fused-ring (bicyclic) bond motifs is 1. The predicted molar refractivity (Wildman–Crippen MR) is 89.2 cm³/mol. The van der Waals surface area contributed by atoms with Crippen LogP contribution in [0.1, 0.15) is 51.0 Å². The second-order valence-electron chi connectivity index (χ2n) is 6.35. The first-order valence-corrected chi connectivity index (χ1v) is 8.43. The molecular formula is C19H26N2. The van der Waals surface area contributed by atoms with Crippen molar-refractivity contribution in [1.82, 2.24) is 10.3 Å². The normalized spacial score (nSPS) is 18.0. The molecule has 0 spiro atoms. The summed E-state index contributed by atoms with van der Waals surface area (Å²) in [5.41, 5.74) is 1.38. The molecule has 2 nitrogen and oxygen atoms in total. The molecule has 1 heterocycles. The van der Waals surface area contributed by atoms with Crippen molar-refractivity contribution < 1.29 is 0 Å². The van der Waals surface area contributed by atoms with Crippen LogP contribution in [0.4, 0.5) is 0 Å². The van der Waals surface area contributed by atoms with Crippen molar-refractivity contribution in [2.24, 2.45) is 5.92 Å². The number of nitrogens with one attached hydrogen (secondary N) is 1. The van der Waals surface area contributed by atoms with Crippen molar-refractivity contribution in [3.05, 3.63) is 42.2 Å². The minimum atomic E-state index is 0.679. The van der Waals surface area contributed by atoms with Gasteiger partial charge in [-0.15, -0.1) is 0 Å². The van der Waals surface area contributed by atoms with E-state index in [0.29, 0.717) is 6.04 Å². The van der Waals surface area contributed by atoms with E-state index < -0.39 is 0 Å². The summed E-state index contributed by atoms with van der Waals surface area (Å²) >= 11 is 0. The minimum Gasteiger partial charge on any atom is -0.310 e. The Hall–Kier alpha value is -1.41. The quantitative estimate of drug-likeness (QED) is 0.861. The van der Waals surface area contributed by atoms with Gasteiger partial charge in [0.2, 0.25) is 0 Å². The molecule has 1 aliphatic carbocycles. The van der Waals surface area contributed by atoms with Crippen LogP contribution in [-0.4, -0.2) is 11.0 Å². The Morgan fingerprint density at radius 1 is 1.14 bits per heavy atom. The Labute approximate surface area is 128 Å². The molecule has 0 saturated heterocycles. The van der Waals surface area contributed by atoms with Crippen LogP contribution in [0.15, 0.2) is 36.7 Å². The van der Waals surface area contributed by atoms with Crippen LogP contribution < -0.4 is 5.32 Å². The minimum absolute atomic E-state index is 0.679. The van der Waals surface area contributed by atoms with Gasteiger partial charge in [0.15, 0.2) is 0 Å². The molecule has 0 radical (unpaired) electrons. The maximum Gasteiger partial charge on any atom is 0.0346 e. The van der Waals surface area contributed by atoms with Gasteiger partial charge in [0.05, 0.1) is 0 Å². The Morgan fingerprint density at radius 3 is 2.81 bits per heavy atom. The first-order chi connectivity index (χ1) is 10.4. The van der Waals surface area contributed by atoms with E-state index in [4.69, 9.17) is 0 Å². The molecule has 0 amide bonds. The summed E-state index contributed by atoms with van der Waals surface area (Å²) in [4.78, 5) is 4.18. The van der Waals surface area contributed by atoms with E-state index in [-0.39, 0.29) is 0 Å². The lowest BCUT2D eigenvalue weighted by molar-refractivity contribution is 0.262. The van der Waals surface area contributed by atoms with Gasteiger partial charge in [-0.3, -0.25) is 4.98 Å². The van der Waals surface area contributed by atoms with Crippen LogP contribution in [0, 0.1) is 5.92 Å². The standard InChI is InChI=1S/C19H26N2/c1-2-19(16-6-4-3-5-7-16)21-13-15-8-9-18-14-20-11-10-17(18)12-15/h8-12,14,16,19,21H,2-7,13H2,1H3. The third kappa shape index (κ3) is 3.62. The van der Waals surface area contributed by atoms with Crippen molar-refractivity contribution in [2.45, 2.75) is 58.0 Å². The van der Waals surface area contributed by atoms with Crippen LogP contribution in [0.3, 0.4) is 0 Å². The van der Waals surface area contributed by atoms with Gasteiger partial charge < -0.3 is 5.32 Å². The van der Waals surface area contributed by atoms with Gasteiger partial charge in [0.25, 0.3) is 0 Å². The molecule has 2 aromatic rings. The fourth-order valence-electron chi connectivity index (χ4n) is 3.67. The van der Waals surface area contributed by atoms with Gasteiger partial charge in [-0.05, 0) is 48.3 Å². The summed E-state index contributed by atoms with van der Waals surface area (Å²) < 4.78 is 0. The maximum absolute atomic E-state index is 4.18. The van der Waals surface area contributed by atoms with Crippen LogP contribution in [0.2, 0.25) is 0 Å². The molecule has 21 heavy (non-hydrogen) atoms. The Bertz CT molecular complexity index is 573. The highest BCUT2D eigenvalue weighted by Gasteiger charge is 2.21. The molecule has 1 N–H and O–H groups in total. The lowest BCUT2D eigenvalue weighted by atomic mass is 9.83. The van der Waals surface area contributed by atoms with Crippen LogP contribution in [0.5, 0.6) is 0 Å². The molecule has 1 aromatic heterocycles.